The van der Waals surface area contributed by atoms with Crippen molar-refractivity contribution < 1.29 is 5.21 Å². The summed E-state index contributed by atoms with van der Waals surface area (Å²) >= 11 is 0. The molecule has 2 aromatic rings. The zero-order valence-electron chi connectivity index (χ0n) is 11.4. The molecule has 6 heteroatoms. The largest absolute Gasteiger partial charge is 0.409 e. The average molecular weight is 273 g/mol. The molecule has 0 aliphatic rings. The maximum absolute atomic E-state index is 8.75. The lowest BCUT2D eigenvalue weighted by atomic mass is 10.1. The lowest BCUT2D eigenvalue weighted by Gasteiger charge is -2.17. The predicted octanol–water partition coefficient (Wildman–Crippen LogP) is 1.49. The van der Waals surface area contributed by atoms with E-state index in [1.807, 2.05) is 48.1 Å². The summed E-state index contributed by atoms with van der Waals surface area (Å²) in [5, 5.41) is 19.3. The van der Waals surface area contributed by atoms with E-state index in [1.54, 1.807) is 6.20 Å². The van der Waals surface area contributed by atoms with Crippen LogP contribution in [0.1, 0.15) is 18.9 Å². The standard InChI is InChI=1S/C14H19N5O/c1-2-12(14(15)18-20)16-10-11-6-3-4-7-13(11)19-9-5-8-17-19/h3-9,12,16,20H,2,10H2,1H3,(H2,15,18). The normalized spacial score (nSPS) is 13.3. The van der Waals surface area contributed by atoms with Crippen molar-refractivity contribution in [2.45, 2.75) is 25.9 Å². The summed E-state index contributed by atoms with van der Waals surface area (Å²) in [4.78, 5) is 0. The molecule has 0 aliphatic heterocycles. The van der Waals surface area contributed by atoms with E-state index in [0.717, 1.165) is 17.7 Å². The molecule has 0 radical (unpaired) electrons. The quantitative estimate of drug-likeness (QED) is 0.322. The number of nitrogens with zero attached hydrogens (tertiary/aromatic N) is 3. The van der Waals surface area contributed by atoms with Crippen molar-refractivity contribution in [2.75, 3.05) is 0 Å². The summed E-state index contributed by atoms with van der Waals surface area (Å²) in [5.74, 6) is 0.198. The molecule has 2 rings (SSSR count). The maximum Gasteiger partial charge on any atom is 0.156 e. The Morgan fingerprint density at radius 1 is 1.45 bits per heavy atom. The summed E-state index contributed by atoms with van der Waals surface area (Å²) in [6.07, 6.45) is 4.40. The number of aromatic nitrogens is 2. The summed E-state index contributed by atoms with van der Waals surface area (Å²) in [7, 11) is 0. The van der Waals surface area contributed by atoms with E-state index >= 15 is 0 Å². The summed E-state index contributed by atoms with van der Waals surface area (Å²) in [6, 6.07) is 9.73. The van der Waals surface area contributed by atoms with Gasteiger partial charge in [0.05, 0.1) is 11.7 Å². The van der Waals surface area contributed by atoms with Crippen LogP contribution in [0.5, 0.6) is 0 Å². The number of hydrogen-bond donors (Lipinski definition) is 3. The molecule has 0 bridgehead atoms. The third kappa shape index (κ3) is 3.16. The third-order valence-electron chi connectivity index (χ3n) is 3.16. The molecular formula is C14H19N5O. The Hall–Kier alpha value is -2.34. The Labute approximate surface area is 117 Å². The SMILES string of the molecule is CCC(NCc1ccccc1-n1cccn1)C(N)=NO. The highest BCUT2D eigenvalue weighted by Crippen LogP contribution is 2.13. The van der Waals surface area contributed by atoms with Gasteiger partial charge in [-0.25, -0.2) is 4.68 Å². The molecule has 106 valence electrons. The molecule has 0 saturated heterocycles. The van der Waals surface area contributed by atoms with Gasteiger partial charge in [-0.15, -0.1) is 0 Å². The molecule has 1 unspecified atom stereocenters. The fourth-order valence-electron chi connectivity index (χ4n) is 2.06. The first-order valence-corrected chi connectivity index (χ1v) is 6.55. The third-order valence-corrected chi connectivity index (χ3v) is 3.16. The zero-order valence-corrected chi connectivity index (χ0v) is 11.4. The fraction of sp³-hybridized carbons (Fsp3) is 0.286. The van der Waals surface area contributed by atoms with Crippen LogP contribution < -0.4 is 11.1 Å². The van der Waals surface area contributed by atoms with Gasteiger partial charge in [-0.1, -0.05) is 30.3 Å². The number of rotatable bonds is 6. The molecule has 0 spiro atoms. The molecule has 0 fully saturated rings. The predicted molar refractivity (Wildman–Crippen MR) is 77.9 cm³/mol. The van der Waals surface area contributed by atoms with Crippen LogP contribution >= 0.6 is 0 Å². The second-order valence-corrected chi connectivity index (χ2v) is 4.45. The Bertz CT molecular complexity index is 565. The van der Waals surface area contributed by atoms with Crippen LogP contribution in [0.3, 0.4) is 0 Å². The highest BCUT2D eigenvalue weighted by Gasteiger charge is 2.12. The zero-order chi connectivity index (χ0) is 14.4. The monoisotopic (exact) mass is 273 g/mol. The number of nitrogens with two attached hydrogens (primary N) is 1. The smallest absolute Gasteiger partial charge is 0.156 e. The van der Waals surface area contributed by atoms with Crippen molar-refractivity contribution in [1.82, 2.24) is 15.1 Å². The molecule has 0 aliphatic carbocycles. The van der Waals surface area contributed by atoms with Crippen LogP contribution in [-0.4, -0.2) is 26.9 Å². The molecule has 0 saturated carbocycles. The first kappa shape index (κ1) is 14.1. The van der Waals surface area contributed by atoms with Gasteiger partial charge in [0, 0.05) is 18.9 Å². The van der Waals surface area contributed by atoms with Crippen molar-refractivity contribution >= 4 is 5.84 Å². The van der Waals surface area contributed by atoms with E-state index < -0.39 is 0 Å². The van der Waals surface area contributed by atoms with E-state index in [-0.39, 0.29) is 11.9 Å². The highest BCUT2D eigenvalue weighted by molar-refractivity contribution is 5.85. The molecule has 4 N–H and O–H groups in total. The maximum atomic E-state index is 8.75. The van der Waals surface area contributed by atoms with Gasteiger partial charge in [-0.2, -0.15) is 5.10 Å². The molecule has 1 aromatic carbocycles. The number of oxime groups is 1. The molecule has 0 amide bonds. The fourth-order valence-corrected chi connectivity index (χ4v) is 2.06. The molecule has 1 atom stereocenters. The van der Waals surface area contributed by atoms with E-state index in [1.165, 1.54) is 0 Å². The summed E-state index contributed by atoms with van der Waals surface area (Å²) in [6.45, 7) is 2.60. The second kappa shape index (κ2) is 6.72. The van der Waals surface area contributed by atoms with Gasteiger partial charge < -0.3 is 16.3 Å². The van der Waals surface area contributed by atoms with Gasteiger partial charge in [-0.3, -0.25) is 0 Å². The van der Waals surface area contributed by atoms with Gasteiger partial charge in [-0.05, 0) is 24.1 Å². The minimum Gasteiger partial charge on any atom is -0.409 e. The van der Waals surface area contributed by atoms with Crippen molar-refractivity contribution in [3.63, 3.8) is 0 Å². The van der Waals surface area contributed by atoms with Gasteiger partial charge in [0.1, 0.15) is 0 Å². The summed E-state index contributed by atoms with van der Waals surface area (Å²) < 4.78 is 1.82. The Morgan fingerprint density at radius 3 is 2.90 bits per heavy atom. The van der Waals surface area contributed by atoms with Gasteiger partial charge >= 0.3 is 0 Å². The van der Waals surface area contributed by atoms with E-state index in [9.17, 15) is 0 Å². The number of amidine groups is 1. The minimum absolute atomic E-state index is 0.148. The number of hydrogen-bond acceptors (Lipinski definition) is 4. The molecule has 20 heavy (non-hydrogen) atoms. The topological polar surface area (TPSA) is 88.5 Å². The average Bonchev–Trinajstić information content (AvgIpc) is 3.02. The van der Waals surface area contributed by atoms with Crippen LogP contribution in [0, 0.1) is 0 Å². The molecule has 6 nitrogen and oxygen atoms in total. The summed E-state index contributed by atoms with van der Waals surface area (Å²) in [5.41, 5.74) is 7.76. The van der Waals surface area contributed by atoms with E-state index in [2.05, 4.69) is 15.6 Å². The van der Waals surface area contributed by atoms with Gasteiger partial charge in [0.2, 0.25) is 0 Å². The van der Waals surface area contributed by atoms with Crippen molar-refractivity contribution in [1.29, 1.82) is 0 Å². The van der Waals surface area contributed by atoms with Crippen LogP contribution in [0.15, 0.2) is 47.9 Å². The van der Waals surface area contributed by atoms with Crippen LogP contribution in [0.25, 0.3) is 5.69 Å². The Balaban J connectivity index is 2.14. The van der Waals surface area contributed by atoms with Crippen molar-refractivity contribution in [3.8, 4) is 5.69 Å². The molecular weight excluding hydrogens is 254 g/mol. The van der Waals surface area contributed by atoms with E-state index in [4.69, 9.17) is 10.9 Å². The van der Waals surface area contributed by atoms with Crippen molar-refractivity contribution in [3.05, 3.63) is 48.3 Å². The lowest BCUT2D eigenvalue weighted by molar-refractivity contribution is 0.314. The van der Waals surface area contributed by atoms with Crippen LogP contribution in [-0.2, 0) is 6.54 Å². The second-order valence-electron chi connectivity index (χ2n) is 4.45. The van der Waals surface area contributed by atoms with Crippen LogP contribution in [0.2, 0.25) is 0 Å². The first-order chi connectivity index (χ1) is 9.76. The molecule has 1 heterocycles. The van der Waals surface area contributed by atoms with E-state index in [0.29, 0.717) is 6.54 Å². The number of para-hydroxylation sites is 1. The van der Waals surface area contributed by atoms with Gasteiger partial charge in [0.15, 0.2) is 5.84 Å². The van der Waals surface area contributed by atoms with Gasteiger partial charge in [0.25, 0.3) is 0 Å². The number of benzene rings is 1. The Kier molecular flexibility index (Phi) is 4.73. The Morgan fingerprint density at radius 2 is 2.25 bits per heavy atom. The lowest BCUT2D eigenvalue weighted by Crippen LogP contribution is -2.40. The molecule has 1 aromatic heterocycles. The highest BCUT2D eigenvalue weighted by atomic mass is 16.4. The van der Waals surface area contributed by atoms with Crippen LogP contribution in [0.4, 0.5) is 0 Å². The number of nitrogens with one attached hydrogen (secondary N) is 1. The van der Waals surface area contributed by atoms with Crippen molar-refractivity contribution in [2.24, 2.45) is 10.9 Å². The first-order valence-electron chi connectivity index (χ1n) is 6.55. The minimum atomic E-state index is -0.148.